The van der Waals surface area contributed by atoms with Crippen LogP contribution in [0.1, 0.15) is 11.4 Å². The summed E-state index contributed by atoms with van der Waals surface area (Å²) in [6.45, 7) is 5.18. The number of rotatable bonds is 5. The fraction of sp³-hybridized carbons (Fsp3) is 0.208. The number of carbonyl (C=O) groups is 1. The van der Waals surface area contributed by atoms with Crippen molar-refractivity contribution >= 4 is 33.7 Å². The van der Waals surface area contributed by atoms with E-state index >= 15 is 0 Å². The Balaban J connectivity index is 1.08. The average molecular weight is 471 g/mol. The number of nitrogens with one attached hydrogen (secondary N) is 1. The Hall–Kier alpha value is -4.05. The second-order valence-corrected chi connectivity index (χ2v) is 9.33. The van der Waals surface area contributed by atoms with Crippen LogP contribution in [0.2, 0.25) is 0 Å². The minimum absolute atomic E-state index is 0.0133. The van der Waals surface area contributed by atoms with Crippen molar-refractivity contribution < 1.29 is 4.79 Å². The van der Waals surface area contributed by atoms with Gasteiger partial charge in [0, 0.05) is 53.9 Å². The van der Waals surface area contributed by atoms with E-state index in [1.165, 1.54) is 0 Å². The highest BCUT2D eigenvalue weighted by Crippen LogP contribution is 2.26. The minimum atomic E-state index is -0.0910. The molecule has 10 heteroatoms. The summed E-state index contributed by atoms with van der Waals surface area (Å²) < 4.78 is 3.82. The van der Waals surface area contributed by atoms with Gasteiger partial charge in [-0.3, -0.25) is 9.20 Å². The van der Waals surface area contributed by atoms with Gasteiger partial charge in [0.05, 0.1) is 17.3 Å². The number of aromatic nitrogens is 6. The molecule has 1 N–H and O–H groups in total. The summed E-state index contributed by atoms with van der Waals surface area (Å²) in [5.41, 5.74) is 4.68. The van der Waals surface area contributed by atoms with Crippen molar-refractivity contribution in [3.8, 4) is 17.1 Å². The molecule has 1 aromatic carbocycles. The van der Waals surface area contributed by atoms with Gasteiger partial charge in [-0.25, -0.2) is 19.6 Å². The molecule has 1 saturated heterocycles. The van der Waals surface area contributed by atoms with Crippen molar-refractivity contribution in [1.29, 1.82) is 0 Å². The van der Waals surface area contributed by atoms with E-state index in [2.05, 4.69) is 30.3 Å². The molecule has 1 aliphatic heterocycles. The number of benzene rings is 1. The molecule has 0 aliphatic carbocycles. The van der Waals surface area contributed by atoms with Crippen molar-refractivity contribution in [1.82, 2.24) is 29.1 Å². The first-order valence-electron chi connectivity index (χ1n) is 11.0. The molecule has 34 heavy (non-hydrogen) atoms. The maximum atomic E-state index is 12.7. The van der Waals surface area contributed by atoms with Crippen molar-refractivity contribution in [3.05, 3.63) is 71.9 Å². The number of hydrogen-bond acceptors (Lipinski definition) is 7. The number of thiazole rings is 1. The zero-order chi connectivity index (χ0) is 23.2. The Labute approximate surface area is 199 Å². The van der Waals surface area contributed by atoms with Crippen LogP contribution in [0.25, 0.3) is 22.0 Å². The lowest BCUT2D eigenvalue weighted by atomic mass is 9.99. The molecule has 5 heterocycles. The number of anilines is 2. The van der Waals surface area contributed by atoms with Crippen molar-refractivity contribution in [3.63, 3.8) is 0 Å². The lowest BCUT2D eigenvalue weighted by molar-refractivity contribution is -0.120. The molecule has 1 amide bonds. The molecule has 170 valence electrons. The van der Waals surface area contributed by atoms with Crippen molar-refractivity contribution in [2.75, 3.05) is 23.3 Å². The Kier molecular flexibility index (Phi) is 4.88. The summed E-state index contributed by atoms with van der Waals surface area (Å²) in [5.74, 6) is 1.44. The lowest BCUT2D eigenvalue weighted by Crippen LogP contribution is -2.52. The third-order valence-electron chi connectivity index (χ3n) is 5.98. The fourth-order valence-corrected chi connectivity index (χ4v) is 4.85. The first kappa shape index (κ1) is 20.5. The largest absolute Gasteiger partial charge is 0.355 e. The highest BCUT2D eigenvalue weighted by molar-refractivity contribution is 7.15. The van der Waals surface area contributed by atoms with Gasteiger partial charge in [-0.15, -0.1) is 11.3 Å². The van der Waals surface area contributed by atoms with Crippen molar-refractivity contribution in [2.45, 2.75) is 13.8 Å². The van der Waals surface area contributed by atoms with Crippen LogP contribution in [-0.2, 0) is 4.79 Å². The number of imidazole rings is 1. The number of nitrogens with zero attached hydrogens (tertiary/aromatic N) is 7. The summed E-state index contributed by atoms with van der Waals surface area (Å²) in [4.78, 5) is 29.2. The smallest absolute Gasteiger partial charge is 0.231 e. The predicted octanol–water partition coefficient (Wildman–Crippen LogP) is 3.73. The van der Waals surface area contributed by atoms with Crippen molar-refractivity contribution in [2.24, 2.45) is 5.92 Å². The zero-order valence-corrected chi connectivity index (χ0v) is 19.5. The number of carbonyl (C=O) groups excluding carboxylic acids is 1. The Morgan fingerprint density at radius 2 is 1.88 bits per heavy atom. The van der Waals surface area contributed by atoms with Gasteiger partial charge in [-0.05, 0) is 32.0 Å². The molecule has 1 aliphatic rings. The topological polar surface area (TPSA) is 93.2 Å². The summed E-state index contributed by atoms with van der Waals surface area (Å²) in [6.07, 6.45) is 5.55. The second kappa shape index (κ2) is 8.07. The van der Waals surface area contributed by atoms with Gasteiger partial charge in [-0.2, -0.15) is 5.10 Å². The van der Waals surface area contributed by atoms with Crippen LogP contribution in [0.15, 0.2) is 60.5 Å². The molecule has 0 saturated carbocycles. The third-order valence-corrected chi connectivity index (χ3v) is 6.75. The van der Waals surface area contributed by atoms with E-state index in [-0.39, 0.29) is 11.8 Å². The van der Waals surface area contributed by atoms with Gasteiger partial charge in [-0.1, -0.05) is 12.1 Å². The van der Waals surface area contributed by atoms with Gasteiger partial charge in [0.15, 0.2) is 10.8 Å². The maximum absolute atomic E-state index is 12.7. The molecule has 0 atom stereocenters. The normalized spacial score (nSPS) is 13.9. The van der Waals surface area contributed by atoms with Crippen LogP contribution >= 0.6 is 11.3 Å². The van der Waals surface area contributed by atoms with E-state index in [0.717, 1.165) is 44.9 Å². The van der Waals surface area contributed by atoms with Gasteiger partial charge in [0.2, 0.25) is 5.91 Å². The first-order valence-corrected chi connectivity index (χ1v) is 11.9. The monoisotopic (exact) mass is 470 g/mol. The lowest BCUT2D eigenvalue weighted by Gasteiger charge is -2.39. The van der Waals surface area contributed by atoms with Gasteiger partial charge in [0.1, 0.15) is 12.1 Å². The highest BCUT2D eigenvalue weighted by atomic mass is 32.1. The van der Waals surface area contributed by atoms with Crippen LogP contribution in [-0.4, -0.2) is 48.1 Å². The molecule has 0 radical (unpaired) electrons. The molecule has 0 unspecified atom stereocenters. The summed E-state index contributed by atoms with van der Waals surface area (Å²) in [7, 11) is 0. The number of hydrogen-bond donors (Lipinski definition) is 1. The third kappa shape index (κ3) is 3.71. The van der Waals surface area contributed by atoms with E-state index in [1.54, 1.807) is 22.3 Å². The van der Waals surface area contributed by atoms with Gasteiger partial charge >= 0.3 is 0 Å². The molecule has 9 nitrogen and oxygen atoms in total. The number of amides is 1. The van der Waals surface area contributed by atoms with E-state index in [1.807, 2.05) is 72.4 Å². The van der Waals surface area contributed by atoms with Crippen LogP contribution in [0.3, 0.4) is 0 Å². The Bertz CT molecular complexity index is 1460. The quantitative estimate of drug-likeness (QED) is 0.421. The summed E-state index contributed by atoms with van der Waals surface area (Å²) in [5, 5.41) is 9.53. The standard InChI is InChI=1S/C24H22N8OS/c1-15-9-16(2)32(29-15)22-10-21(25-14-26-22)31-11-18(12-31)23(33)27-19-5-3-17(4-6-19)20-13-30-7-8-34-24(30)28-20/h3-10,13-14,18H,11-12H2,1-2H3,(H,27,33). The van der Waals surface area contributed by atoms with E-state index in [4.69, 9.17) is 0 Å². The number of aryl methyl sites for hydroxylation is 2. The first-order chi connectivity index (χ1) is 16.5. The molecular formula is C24H22N8OS. The molecule has 4 aromatic heterocycles. The predicted molar refractivity (Wildman–Crippen MR) is 131 cm³/mol. The molecular weight excluding hydrogens is 448 g/mol. The maximum Gasteiger partial charge on any atom is 0.231 e. The van der Waals surface area contributed by atoms with Crippen LogP contribution < -0.4 is 10.2 Å². The Morgan fingerprint density at radius 1 is 1.09 bits per heavy atom. The van der Waals surface area contributed by atoms with E-state index < -0.39 is 0 Å². The summed E-state index contributed by atoms with van der Waals surface area (Å²) in [6, 6.07) is 11.7. The van der Waals surface area contributed by atoms with E-state index in [9.17, 15) is 4.79 Å². The molecule has 0 bridgehead atoms. The number of fused-ring (bicyclic) bond motifs is 1. The minimum Gasteiger partial charge on any atom is -0.355 e. The average Bonchev–Trinajstić information content (AvgIpc) is 3.48. The molecule has 0 spiro atoms. The van der Waals surface area contributed by atoms with Crippen LogP contribution in [0.5, 0.6) is 0 Å². The zero-order valence-electron chi connectivity index (χ0n) is 18.7. The molecule has 6 rings (SSSR count). The fourth-order valence-electron chi connectivity index (χ4n) is 4.15. The van der Waals surface area contributed by atoms with Crippen LogP contribution in [0, 0.1) is 19.8 Å². The molecule has 1 fully saturated rings. The van der Waals surface area contributed by atoms with E-state index in [0.29, 0.717) is 13.1 Å². The second-order valence-electron chi connectivity index (χ2n) is 8.46. The van der Waals surface area contributed by atoms with Gasteiger partial charge in [0.25, 0.3) is 0 Å². The molecule has 5 aromatic rings. The Morgan fingerprint density at radius 3 is 2.62 bits per heavy atom. The van der Waals surface area contributed by atoms with Gasteiger partial charge < -0.3 is 10.2 Å². The SMILES string of the molecule is Cc1cc(C)n(-c2cc(N3CC(C(=O)Nc4ccc(-c5cn6ccsc6n5)cc4)C3)ncn2)n1. The highest BCUT2D eigenvalue weighted by Gasteiger charge is 2.33. The summed E-state index contributed by atoms with van der Waals surface area (Å²) >= 11 is 1.60. The van der Waals surface area contributed by atoms with Crippen LogP contribution in [0.4, 0.5) is 11.5 Å².